The fourth-order valence-corrected chi connectivity index (χ4v) is 2.88. The minimum absolute atomic E-state index is 0. The fraction of sp³-hybridized carbons (Fsp3) is 0.412. The molecule has 2 atom stereocenters. The number of halogens is 1. The van der Waals surface area contributed by atoms with Gasteiger partial charge in [0.25, 0.3) is 5.91 Å². The van der Waals surface area contributed by atoms with Crippen LogP contribution in [-0.4, -0.2) is 45.8 Å². The first kappa shape index (κ1) is 17.5. The second-order valence-corrected chi connectivity index (χ2v) is 5.89. The third-order valence-electron chi connectivity index (χ3n) is 4.45. The van der Waals surface area contributed by atoms with Crippen molar-refractivity contribution in [2.45, 2.75) is 32.9 Å². The number of hydrogen-bond acceptors (Lipinski definition) is 3. The van der Waals surface area contributed by atoms with Crippen LogP contribution in [0.15, 0.2) is 36.5 Å². The summed E-state index contributed by atoms with van der Waals surface area (Å²) in [5.74, 6) is 0.0699. The average molecular weight is 335 g/mol. The van der Waals surface area contributed by atoms with Gasteiger partial charge in [-0.3, -0.25) is 4.79 Å². The number of nitrogens with one attached hydrogen (secondary N) is 1. The first-order valence-corrected chi connectivity index (χ1v) is 7.74. The molecule has 0 spiro atoms. The third-order valence-corrected chi connectivity index (χ3v) is 4.45. The number of aromatic nitrogens is 2. The number of aryl methyl sites for hydroxylation is 1. The van der Waals surface area contributed by atoms with Crippen molar-refractivity contribution in [3.8, 4) is 5.69 Å². The van der Waals surface area contributed by atoms with Gasteiger partial charge >= 0.3 is 0 Å². The van der Waals surface area contributed by atoms with Crippen molar-refractivity contribution in [1.29, 1.82) is 0 Å². The first-order chi connectivity index (χ1) is 10.6. The summed E-state index contributed by atoms with van der Waals surface area (Å²) in [5.41, 5.74) is 2.42. The Bertz CT molecular complexity index is 670. The van der Waals surface area contributed by atoms with Crippen LogP contribution in [0.3, 0.4) is 0 Å². The van der Waals surface area contributed by atoms with Crippen LogP contribution in [0, 0.1) is 6.92 Å². The van der Waals surface area contributed by atoms with Crippen molar-refractivity contribution < 1.29 is 4.79 Å². The van der Waals surface area contributed by atoms with Gasteiger partial charge < -0.3 is 10.2 Å². The lowest BCUT2D eigenvalue weighted by molar-refractivity contribution is 0.0602. The third kappa shape index (κ3) is 3.41. The standard InChI is InChI=1S/C17H22N4O.ClH/c1-12-14(3)20(10-9-18-12)17(22)16-11-21(19-13(16)2)15-7-5-4-6-8-15;/h4-8,11-12,14,18H,9-10H2,1-3H3;1H. The number of amides is 1. The van der Waals surface area contributed by atoms with E-state index in [-0.39, 0.29) is 24.4 Å². The Hall–Kier alpha value is -1.85. The molecule has 5 nitrogen and oxygen atoms in total. The number of rotatable bonds is 2. The average Bonchev–Trinajstić information content (AvgIpc) is 2.92. The van der Waals surface area contributed by atoms with Gasteiger partial charge in [0.1, 0.15) is 0 Å². The van der Waals surface area contributed by atoms with E-state index < -0.39 is 0 Å². The molecule has 1 N–H and O–H groups in total. The first-order valence-electron chi connectivity index (χ1n) is 7.74. The number of benzene rings is 1. The fourth-order valence-electron chi connectivity index (χ4n) is 2.88. The Morgan fingerprint density at radius 2 is 1.96 bits per heavy atom. The van der Waals surface area contributed by atoms with E-state index >= 15 is 0 Å². The van der Waals surface area contributed by atoms with Crippen molar-refractivity contribution in [2.24, 2.45) is 0 Å². The minimum atomic E-state index is 0. The van der Waals surface area contributed by atoms with E-state index in [9.17, 15) is 4.79 Å². The number of hydrogen-bond donors (Lipinski definition) is 1. The van der Waals surface area contributed by atoms with E-state index in [2.05, 4.69) is 24.3 Å². The van der Waals surface area contributed by atoms with E-state index in [1.807, 2.05) is 48.4 Å². The van der Waals surface area contributed by atoms with Gasteiger partial charge in [0.05, 0.1) is 16.9 Å². The molecule has 2 heterocycles. The Balaban J connectivity index is 0.00000192. The lowest BCUT2D eigenvalue weighted by Crippen LogP contribution is -2.57. The Kier molecular flexibility index (Phi) is 5.44. The van der Waals surface area contributed by atoms with Gasteiger partial charge in [-0.05, 0) is 32.9 Å². The summed E-state index contributed by atoms with van der Waals surface area (Å²) in [6, 6.07) is 10.4. The SMILES string of the molecule is Cc1nn(-c2ccccc2)cc1C(=O)N1CCNC(C)C1C.Cl. The summed E-state index contributed by atoms with van der Waals surface area (Å²) < 4.78 is 1.78. The second kappa shape index (κ2) is 7.15. The quantitative estimate of drug-likeness (QED) is 0.917. The van der Waals surface area contributed by atoms with Crippen LogP contribution in [0.25, 0.3) is 5.69 Å². The number of nitrogens with zero attached hydrogens (tertiary/aromatic N) is 3. The van der Waals surface area contributed by atoms with Crippen molar-refractivity contribution in [3.05, 3.63) is 47.8 Å². The van der Waals surface area contributed by atoms with Crippen LogP contribution in [0.1, 0.15) is 29.9 Å². The zero-order valence-electron chi connectivity index (χ0n) is 13.7. The minimum Gasteiger partial charge on any atom is -0.333 e. The molecule has 1 saturated heterocycles. The molecule has 1 aromatic heterocycles. The Morgan fingerprint density at radius 1 is 1.26 bits per heavy atom. The van der Waals surface area contributed by atoms with Crippen LogP contribution in [0.4, 0.5) is 0 Å². The summed E-state index contributed by atoms with van der Waals surface area (Å²) in [5, 5.41) is 7.89. The normalized spacial score (nSPS) is 20.9. The van der Waals surface area contributed by atoms with Crippen LogP contribution in [0.5, 0.6) is 0 Å². The zero-order chi connectivity index (χ0) is 15.7. The van der Waals surface area contributed by atoms with Crippen LogP contribution >= 0.6 is 12.4 Å². The predicted octanol–water partition coefficient (Wildman–Crippen LogP) is 2.42. The largest absolute Gasteiger partial charge is 0.333 e. The molecule has 0 saturated carbocycles. The molecule has 23 heavy (non-hydrogen) atoms. The van der Waals surface area contributed by atoms with E-state index in [1.54, 1.807) is 4.68 Å². The van der Waals surface area contributed by atoms with Crippen molar-refractivity contribution in [3.63, 3.8) is 0 Å². The van der Waals surface area contributed by atoms with E-state index in [0.717, 1.165) is 24.5 Å². The Labute approximate surface area is 143 Å². The molecule has 2 aromatic rings. The molecule has 1 aromatic carbocycles. The van der Waals surface area contributed by atoms with Crippen LogP contribution in [0.2, 0.25) is 0 Å². The van der Waals surface area contributed by atoms with Gasteiger partial charge in [-0.1, -0.05) is 18.2 Å². The van der Waals surface area contributed by atoms with Gasteiger partial charge in [-0.2, -0.15) is 5.10 Å². The summed E-state index contributed by atoms with van der Waals surface area (Å²) in [6.07, 6.45) is 1.84. The highest BCUT2D eigenvalue weighted by Crippen LogP contribution is 2.17. The highest BCUT2D eigenvalue weighted by Gasteiger charge is 2.30. The molecule has 0 bridgehead atoms. The zero-order valence-corrected chi connectivity index (χ0v) is 14.5. The Morgan fingerprint density at radius 3 is 2.65 bits per heavy atom. The van der Waals surface area contributed by atoms with Gasteiger partial charge in [-0.25, -0.2) is 4.68 Å². The van der Waals surface area contributed by atoms with E-state index in [4.69, 9.17) is 0 Å². The van der Waals surface area contributed by atoms with Gasteiger partial charge in [-0.15, -0.1) is 12.4 Å². The number of piperazine rings is 1. The molecule has 2 unspecified atom stereocenters. The summed E-state index contributed by atoms with van der Waals surface area (Å²) in [7, 11) is 0. The number of carbonyl (C=O) groups excluding carboxylic acids is 1. The monoisotopic (exact) mass is 334 g/mol. The van der Waals surface area contributed by atoms with Gasteiger partial charge in [0.15, 0.2) is 0 Å². The van der Waals surface area contributed by atoms with Crippen LogP contribution in [-0.2, 0) is 0 Å². The molecule has 0 aliphatic carbocycles. The molecule has 1 amide bonds. The maximum atomic E-state index is 12.9. The smallest absolute Gasteiger partial charge is 0.257 e. The predicted molar refractivity (Wildman–Crippen MR) is 93.5 cm³/mol. The molecular formula is C17H23ClN4O. The number of carbonyl (C=O) groups is 1. The topological polar surface area (TPSA) is 50.2 Å². The van der Waals surface area contributed by atoms with E-state index in [1.165, 1.54) is 0 Å². The maximum absolute atomic E-state index is 12.9. The van der Waals surface area contributed by atoms with Crippen LogP contribution < -0.4 is 5.32 Å². The highest BCUT2D eigenvalue weighted by atomic mass is 35.5. The summed E-state index contributed by atoms with van der Waals surface area (Å²) in [4.78, 5) is 14.8. The lowest BCUT2D eigenvalue weighted by atomic mass is 10.1. The molecule has 6 heteroatoms. The second-order valence-electron chi connectivity index (χ2n) is 5.89. The van der Waals surface area contributed by atoms with Crippen molar-refractivity contribution >= 4 is 18.3 Å². The molecule has 1 fully saturated rings. The lowest BCUT2D eigenvalue weighted by Gasteiger charge is -2.38. The molecule has 124 valence electrons. The highest BCUT2D eigenvalue weighted by molar-refractivity contribution is 5.95. The van der Waals surface area contributed by atoms with Crippen molar-refractivity contribution in [2.75, 3.05) is 13.1 Å². The maximum Gasteiger partial charge on any atom is 0.257 e. The van der Waals surface area contributed by atoms with Crippen molar-refractivity contribution in [1.82, 2.24) is 20.0 Å². The van der Waals surface area contributed by atoms with Gasteiger partial charge in [0.2, 0.25) is 0 Å². The summed E-state index contributed by atoms with van der Waals surface area (Å²) >= 11 is 0. The number of para-hydroxylation sites is 1. The molecule has 3 rings (SSSR count). The summed E-state index contributed by atoms with van der Waals surface area (Å²) in [6.45, 7) is 7.67. The molecular weight excluding hydrogens is 312 g/mol. The molecule has 1 aliphatic rings. The van der Waals surface area contributed by atoms with E-state index in [0.29, 0.717) is 11.6 Å². The molecule has 1 aliphatic heterocycles. The van der Waals surface area contributed by atoms with Gasteiger partial charge in [0, 0.05) is 31.4 Å². The molecule has 0 radical (unpaired) electrons.